The molecule has 0 N–H and O–H groups in total. The molecule has 0 saturated carbocycles. The molecule has 0 atom stereocenters. The molecule has 0 aromatic heterocycles. The van der Waals surface area contributed by atoms with Crippen LogP contribution >= 0.6 is 11.6 Å². The normalized spacial score (nSPS) is 10.7. The second-order valence-corrected chi connectivity index (χ2v) is 5.32. The molecule has 0 spiro atoms. The van der Waals surface area contributed by atoms with E-state index < -0.39 is 5.97 Å². The monoisotopic (exact) mass is 357 g/mol. The van der Waals surface area contributed by atoms with Crippen LogP contribution in [0.3, 0.4) is 0 Å². The van der Waals surface area contributed by atoms with Crippen LogP contribution < -0.4 is 9.47 Å². The third-order valence-corrected chi connectivity index (χ3v) is 3.38. The standard InChI is InChI=1S/C19H16ClNO4/c1-23-17-7-5-14(6-8-17)11-15(13-21)19(22)25-10-9-24-18-4-2-3-16(20)12-18/h2-8,11-12H,9-10H2,1H3/b15-11+. The molecule has 2 aromatic rings. The lowest BCUT2D eigenvalue weighted by atomic mass is 10.1. The molecule has 0 unspecified atom stereocenters. The van der Waals surface area contributed by atoms with E-state index in [9.17, 15) is 4.79 Å². The third kappa shape index (κ3) is 5.87. The summed E-state index contributed by atoms with van der Waals surface area (Å²) in [5.74, 6) is 0.572. The van der Waals surface area contributed by atoms with Crippen molar-refractivity contribution in [3.05, 3.63) is 64.7 Å². The highest BCUT2D eigenvalue weighted by Crippen LogP contribution is 2.17. The Morgan fingerprint density at radius 2 is 1.92 bits per heavy atom. The molecular formula is C19H16ClNO4. The molecule has 6 heteroatoms. The minimum Gasteiger partial charge on any atom is -0.497 e. The van der Waals surface area contributed by atoms with Gasteiger partial charge in [-0.2, -0.15) is 5.26 Å². The smallest absolute Gasteiger partial charge is 0.349 e. The van der Waals surface area contributed by atoms with Gasteiger partial charge in [-0.3, -0.25) is 0 Å². The predicted molar refractivity (Wildman–Crippen MR) is 94.5 cm³/mol. The molecule has 2 rings (SSSR count). The van der Waals surface area contributed by atoms with Crippen molar-refractivity contribution in [1.82, 2.24) is 0 Å². The molecule has 0 fully saturated rings. The maximum absolute atomic E-state index is 12.0. The zero-order chi connectivity index (χ0) is 18.1. The minimum atomic E-state index is -0.701. The van der Waals surface area contributed by atoms with E-state index in [-0.39, 0.29) is 18.8 Å². The number of carbonyl (C=O) groups is 1. The Balaban J connectivity index is 1.87. The van der Waals surface area contributed by atoms with Crippen LogP contribution in [0.1, 0.15) is 5.56 Å². The Kier molecular flexibility index (Phi) is 6.87. The van der Waals surface area contributed by atoms with Gasteiger partial charge >= 0.3 is 5.97 Å². The topological polar surface area (TPSA) is 68.5 Å². The molecule has 0 radical (unpaired) electrons. The largest absolute Gasteiger partial charge is 0.497 e. The molecule has 128 valence electrons. The highest BCUT2D eigenvalue weighted by Gasteiger charge is 2.10. The number of halogens is 1. The molecule has 0 bridgehead atoms. The zero-order valence-electron chi connectivity index (χ0n) is 13.6. The van der Waals surface area contributed by atoms with Crippen molar-refractivity contribution in [2.45, 2.75) is 0 Å². The first-order valence-corrected chi connectivity index (χ1v) is 7.81. The van der Waals surface area contributed by atoms with E-state index >= 15 is 0 Å². The van der Waals surface area contributed by atoms with Crippen LogP contribution in [0, 0.1) is 11.3 Å². The van der Waals surface area contributed by atoms with Crippen molar-refractivity contribution in [2.24, 2.45) is 0 Å². The molecule has 0 heterocycles. The van der Waals surface area contributed by atoms with Crippen LogP contribution in [0.15, 0.2) is 54.1 Å². The van der Waals surface area contributed by atoms with E-state index in [4.69, 9.17) is 31.1 Å². The summed E-state index contributed by atoms with van der Waals surface area (Å²) in [5, 5.41) is 9.69. The number of nitriles is 1. The van der Waals surface area contributed by atoms with Gasteiger partial charge in [-0.25, -0.2) is 4.79 Å². The number of ether oxygens (including phenoxy) is 3. The quantitative estimate of drug-likeness (QED) is 0.325. The predicted octanol–water partition coefficient (Wildman–Crippen LogP) is 3.88. The first-order chi connectivity index (χ1) is 12.1. The second kappa shape index (κ2) is 9.36. The van der Waals surface area contributed by atoms with Crippen LogP contribution in [0.5, 0.6) is 11.5 Å². The van der Waals surface area contributed by atoms with E-state index in [2.05, 4.69) is 0 Å². The highest BCUT2D eigenvalue weighted by molar-refractivity contribution is 6.30. The van der Waals surface area contributed by atoms with Crippen LogP contribution in [0.25, 0.3) is 6.08 Å². The van der Waals surface area contributed by atoms with Gasteiger partial charge < -0.3 is 14.2 Å². The van der Waals surface area contributed by atoms with Crippen molar-refractivity contribution < 1.29 is 19.0 Å². The van der Waals surface area contributed by atoms with Crippen LogP contribution in [0.2, 0.25) is 5.02 Å². The van der Waals surface area contributed by atoms with Gasteiger partial charge in [-0.1, -0.05) is 29.8 Å². The molecular weight excluding hydrogens is 342 g/mol. The van der Waals surface area contributed by atoms with Crippen molar-refractivity contribution >= 4 is 23.6 Å². The van der Waals surface area contributed by atoms with E-state index in [0.717, 1.165) is 0 Å². The molecule has 0 amide bonds. The zero-order valence-corrected chi connectivity index (χ0v) is 14.3. The van der Waals surface area contributed by atoms with Crippen molar-refractivity contribution in [3.63, 3.8) is 0 Å². The van der Waals surface area contributed by atoms with Gasteiger partial charge in [0.1, 0.15) is 36.4 Å². The summed E-state index contributed by atoms with van der Waals surface area (Å²) < 4.78 is 15.5. The average molecular weight is 358 g/mol. The van der Waals surface area contributed by atoms with Crippen molar-refractivity contribution in [1.29, 1.82) is 5.26 Å². The van der Waals surface area contributed by atoms with Crippen LogP contribution in [-0.4, -0.2) is 26.3 Å². The summed E-state index contributed by atoms with van der Waals surface area (Å²) in [6.45, 7) is 0.181. The Bertz CT molecular complexity index is 794. The van der Waals surface area contributed by atoms with Gasteiger partial charge in [-0.05, 0) is 42.0 Å². The Morgan fingerprint density at radius 3 is 2.56 bits per heavy atom. The highest BCUT2D eigenvalue weighted by atomic mass is 35.5. The van der Waals surface area contributed by atoms with E-state index in [0.29, 0.717) is 22.1 Å². The van der Waals surface area contributed by atoms with Gasteiger partial charge in [0.15, 0.2) is 0 Å². The van der Waals surface area contributed by atoms with E-state index in [1.807, 2.05) is 6.07 Å². The number of benzene rings is 2. The fraction of sp³-hybridized carbons (Fsp3) is 0.158. The van der Waals surface area contributed by atoms with Crippen LogP contribution in [-0.2, 0) is 9.53 Å². The van der Waals surface area contributed by atoms with Gasteiger partial charge in [0, 0.05) is 5.02 Å². The summed E-state index contributed by atoms with van der Waals surface area (Å²) in [6.07, 6.45) is 1.46. The van der Waals surface area contributed by atoms with Crippen LogP contribution in [0.4, 0.5) is 0 Å². The molecule has 25 heavy (non-hydrogen) atoms. The summed E-state index contributed by atoms with van der Waals surface area (Å²) in [4.78, 5) is 12.0. The number of carbonyl (C=O) groups excluding carboxylic acids is 1. The number of rotatable bonds is 7. The Hall–Kier alpha value is -2.97. The van der Waals surface area contributed by atoms with Gasteiger partial charge in [-0.15, -0.1) is 0 Å². The summed E-state index contributed by atoms with van der Waals surface area (Å²) in [5.41, 5.74) is 0.609. The SMILES string of the molecule is COc1ccc(/C=C(\C#N)C(=O)OCCOc2cccc(Cl)c2)cc1. The fourth-order valence-electron chi connectivity index (χ4n) is 1.93. The lowest BCUT2D eigenvalue weighted by Gasteiger charge is -2.07. The van der Waals surface area contributed by atoms with Gasteiger partial charge in [0.2, 0.25) is 0 Å². The Morgan fingerprint density at radius 1 is 1.16 bits per heavy atom. The van der Waals surface area contributed by atoms with Crippen molar-refractivity contribution in [2.75, 3.05) is 20.3 Å². The Labute approximate surface area is 151 Å². The fourth-order valence-corrected chi connectivity index (χ4v) is 2.11. The van der Waals surface area contributed by atoms with Crippen molar-refractivity contribution in [3.8, 4) is 17.6 Å². The van der Waals surface area contributed by atoms with Gasteiger partial charge in [0.25, 0.3) is 0 Å². The lowest BCUT2D eigenvalue weighted by Crippen LogP contribution is -2.13. The minimum absolute atomic E-state index is 0.0208. The number of esters is 1. The first-order valence-electron chi connectivity index (χ1n) is 7.43. The number of nitrogens with zero attached hydrogens (tertiary/aromatic N) is 1. The second-order valence-electron chi connectivity index (χ2n) is 4.88. The molecule has 0 saturated heterocycles. The third-order valence-electron chi connectivity index (χ3n) is 3.15. The first kappa shape index (κ1) is 18.4. The molecule has 0 aliphatic heterocycles. The molecule has 0 aliphatic carbocycles. The average Bonchev–Trinajstić information content (AvgIpc) is 2.63. The number of hydrogen-bond acceptors (Lipinski definition) is 5. The summed E-state index contributed by atoms with van der Waals surface area (Å²) in [7, 11) is 1.56. The maximum atomic E-state index is 12.0. The summed E-state index contributed by atoms with van der Waals surface area (Å²) in [6, 6.07) is 15.7. The van der Waals surface area contributed by atoms with E-state index in [1.54, 1.807) is 55.6 Å². The summed E-state index contributed by atoms with van der Waals surface area (Å²) >= 11 is 5.85. The number of methoxy groups -OCH3 is 1. The molecule has 5 nitrogen and oxygen atoms in total. The number of hydrogen-bond donors (Lipinski definition) is 0. The maximum Gasteiger partial charge on any atom is 0.349 e. The van der Waals surface area contributed by atoms with E-state index in [1.165, 1.54) is 6.08 Å². The molecule has 0 aliphatic rings. The lowest BCUT2D eigenvalue weighted by molar-refractivity contribution is -0.139. The van der Waals surface area contributed by atoms with Gasteiger partial charge in [0.05, 0.1) is 7.11 Å². The molecule has 2 aromatic carbocycles.